The Labute approximate surface area is 138 Å². The molecular formula is C15H22O9. The molecule has 2 heterocycles. The molecule has 0 amide bonds. The second-order valence-electron chi connectivity index (χ2n) is 6.16. The predicted octanol–water partition coefficient (Wildman–Crippen LogP) is -2.80. The van der Waals surface area contributed by atoms with Crippen molar-refractivity contribution in [2.75, 3.05) is 13.2 Å². The number of aliphatic hydroxyl groups is 6. The molecule has 3 aliphatic rings. The Morgan fingerprint density at radius 3 is 2.42 bits per heavy atom. The second-order valence-corrected chi connectivity index (χ2v) is 6.16. The first kappa shape index (κ1) is 17.8. The fourth-order valence-corrected chi connectivity index (χ4v) is 3.38. The molecule has 9 atom stereocenters. The molecule has 1 fully saturated rings. The Bertz CT molecular complexity index is 505. The molecule has 0 aromatic rings. The lowest BCUT2D eigenvalue weighted by Crippen LogP contribution is -2.60. The minimum Gasteiger partial charge on any atom is -0.472 e. The predicted molar refractivity (Wildman–Crippen MR) is 77.0 cm³/mol. The van der Waals surface area contributed by atoms with Gasteiger partial charge in [0.1, 0.15) is 24.4 Å². The van der Waals surface area contributed by atoms with E-state index in [2.05, 4.69) is 0 Å². The molecular weight excluding hydrogens is 324 g/mol. The van der Waals surface area contributed by atoms with Crippen LogP contribution in [-0.4, -0.2) is 87.0 Å². The lowest BCUT2D eigenvalue weighted by atomic mass is 9.88. The van der Waals surface area contributed by atoms with Crippen molar-refractivity contribution in [3.63, 3.8) is 0 Å². The SMILES string of the molecule is OCC1=C[C@H](O)[C@H]2C=CO[C@@H](O[C@@H]3O[C@H](CO)[C@H](O)[C@H](O)[C@H]3O)[C@H]12. The van der Waals surface area contributed by atoms with E-state index in [4.69, 9.17) is 14.2 Å². The molecule has 1 saturated heterocycles. The van der Waals surface area contributed by atoms with E-state index in [1.807, 2.05) is 0 Å². The summed E-state index contributed by atoms with van der Waals surface area (Å²) in [4.78, 5) is 0. The first-order valence-corrected chi connectivity index (χ1v) is 7.75. The van der Waals surface area contributed by atoms with Gasteiger partial charge >= 0.3 is 0 Å². The highest BCUT2D eigenvalue weighted by Gasteiger charge is 2.49. The summed E-state index contributed by atoms with van der Waals surface area (Å²) in [6, 6.07) is 0. The second kappa shape index (κ2) is 7.06. The van der Waals surface area contributed by atoms with E-state index in [1.165, 1.54) is 12.3 Å². The number of aliphatic hydroxyl groups excluding tert-OH is 6. The molecule has 6 N–H and O–H groups in total. The van der Waals surface area contributed by atoms with Crippen molar-refractivity contribution >= 4 is 0 Å². The standard InChI is InChI=1S/C15H22O9/c16-4-6-3-8(18)7-1-2-22-14(10(6)7)24-15-13(21)12(20)11(19)9(5-17)23-15/h1-3,7-21H,4-5H2/t7-,8+,9-,10-,11+,12+,13-,14+,15+/m1/s1. The first-order valence-electron chi connectivity index (χ1n) is 7.75. The zero-order chi connectivity index (χ0) is 17.4. The van der Waals surface area contributed by atoms with Crippen LogP contribution in [0.4, 0.5) is 0 Å². The average molecular weight is 346 g/mol. The van der Waals surface area contributed by atoms with Gasteiger partial charge in [0.15, 0.2) is 6.29 Å². The summed E-state index contributed by atoms with van der Waals surface area (Å²) in [5, 5.41) is 58.3. The Kier molecular flexibility index (Phi) is 5.23. The number of hydrogen-bond acceptors (Lipinski definition) is 9. The third-order valence-corrected chi connectivity index (χ3v) is 4.73. The number of hydrogen-bond donors (Lipinski definition) is 6. The van der Waals surface area contributed by atoms with Crippen molar-refractivity contribution in [2.45, 2.75) is 43.1 Å². The molecule has 3 rings (SSSR count). The topological polar surface area (TPSA) is 149 Å². The Balaban J connectivity index is 1.75. The molecule has 24 heavy (non-hydrogen) atoms. The first-order chi connectivity index (χ1) is 11.5. The van der Waals surface area contributed by atoms with Gasteiger partial charge in [0.25, 0.3) is 0 Å². The van der Waals surface area contributed by atoms with E-state index in [0.717, 1.165) is 0 Å². The zero-order valence-electron chi connectivity index (χ0n) is 12.8. The normalized spacial score (nSPS) is 47.9. The summed E-state index contributed by atoms with van der Waals surface area (Å²) in [6.07, 6.45) is -4.27. The van der Waals surface area contributed by atoms with E-state index < -0.39 is 55.6 Å². The molecule has 0 saturated carbocycles. The Hall–Kier alpha value is -1.04. The van der Waals surface area contributed by atoms with Gasteiger partial charge in [-0.1, -0.05) is 6.08 Å². The third kappa shape index (κ3) is 2.98. The van der Waals surface area contributed by atoms with Crippen LogP contribution < -0.4 is 0 Å². The van der Waals surface area contributed by atoms with E-state index in [1.54, 1.807) is 6.08 Å². The third-order valence-electron chi connectivity index (χ3n) is 4.73. The van der Waals surface area contributed by atoms with Gasteiger partial charge in [-0.2, -0.15) is 0 Å². The summed E-state index contributed by atoms with van der Waals surface area (Å²) >= 11 is 0. The maximum Gasteiger partial charge on any atom is 0.209 e. The van der Waals surface area contributed by atoms with E-state index >= 15 is 0 Å². The molecule has 9 nitrogen and oxygen atoms in total. The van der Waals surface area contributed by atoms with Crippen LogP contribution in [0.5, 0.6) is 0 Å². The summed E-state index contributed by atoms with van der Waals surface area (Å²) in [5.41, 5.74) is 0.534. The molecule has 9 heteroatoms. The smallest absolute Gasteiger partial charge is 0.209 e. The number of rotatable bonds is 4. The summed E-state index contributed by atoms with van der Waals surface area (Å²) in [7, 11) is 0. The molecule has 0 bridgehead atoms. The molecule has 136 valence electrons. The van der Waals surface area contributed by atoms with Crippen molar-refractivity contribution in [1.29, 1.82) is 0 Å². The molecule has 0 unspecified atom stereocenters. The summed E-state index contributed by atoms with van der Waals surface area (Å²) in [6.45, 7) is -0.854. The van der Waals surface area contributed by atoms with Crippen LogP contribution in [0.25, 0.3) is 0 Å². The van der Waals surface area contributed by atoms with Crippen LogP contribution in [0.2, 0.25) is 0 Å². The molecule has 0 aromatic heterocycles. The van der Waals surface area contributed by atoms with Crippen LogP contribution in [0.1, 0.15) is 0 Å². The van der Waals surface area contributed by atoms with E-state index in [9.17, 15) is 30.6 Å². The maximum absolute atomic E-state index is 10.0. The van der Waals surface area contributed by atoms with Gasteiger partial charge in [-0.05, 0) is 11.6 Å². The van der Waals surface area contributed by atoms with Crippen LogP contribution in [-0.2, 0) is 14.2 Å². The Morgan fingerprint density at radius 2 is 1.75 bits per heavy atom. The minimum atomic E-state index is -1.56. The summed E-state index contributed by atoms with van der Waals surface area (Å²) < 4.78 is 16.3. The van der Waals surface area contributed by atoms with Crippen LogP contribution in [0, 0.1) is 11.8 Å². The lowest BCUT2D eigenvalue weighted by Gasteiger charge is -2.42. The Morgan fingerprint density at radius 1 is 1.00 bits per heavy atom. The fraction of sp³-hybridized carbons (Fsp3) is 0.733. The molecule has 0 spiro atoms. The molecule has 0 aromatic carbocycles. The molecule has 1 aliphatic carbocycles. The van der Waals surface area contributed by atoms with Gasteiger partial charge in [-0.3, -0.25) is 0 Å². The number of fused-ring (bicyclic) bond motifs is 1. The van der Waals surface area contributed by atoms with Crippen molar-refractivity contribution in [1.82, 2.24) is 0 Å². The zero-order valence-corrected chi connectivity index (χ0v) is 12.8. The van der Waals surface area contributed by atoms with Gasteiger partial charge < -0.3 is 44.8 Å². The van der Waals surface area contributed by atoms with Crippen LogP contribution in [0.15, 0.2) is 24.0 Å². The van der Waals surface area contributed by atoms with Crippen molar-refractivity contribution in [2.24, 2.45) is 11.8 Å². The molecule has 0 radical (unpaired) electrons. The average Bonchev–Trinajstić information content (AvgIpc) is 2.92. The minimum absolute atomic E-state index is 0.288. The van der Waals surface area contributed by atoms with Gasteiger partial charge in [-0.25, -0.2) is 0 Å². The monoisotopic (exact) mass is 346 g/mol. The van der Waals surface area contributed by atoms with E-state index in [-0.39, 0.29) is 12.5 Å². The van der Waals surface area contributed by atoms with Crippen LogP contribution in [0.3, 0.4) is 0 Å². The molecule has 2 aliphatic heterocycles. The van der Waals surface area contributed by atoms with Gasteiger partial charge in [0.2, 0.25) is 6.29 Å². The van der Waals surface area contributed by atoms with Gasteiger partial charge in [-0.15, -0.1) is 0 Å². The number of ether oxygens (including phenoxy) is 3. The summed E-state index contributed by atoms with van der Waals surface area (Å²) in [5.74, 6) is -0.835. The maximum atomic E-state index is 10.0. The van der Waals surface area contributed by atoms with E-state index in [0.29, 0.717) is 5.57 Å². The highest BCUT2D eigenvalue weighted by Crippen LogP contribution is 2.40. The highest BCUT2D eigenvalue weighted by molar-refractivity contribution is 5.25. The van der Waals surface area contributed by atoms with Crippen molar-refractivity contribution in [3.8, 4) is 0 Å². The van der Waals surface area contributed by atoms with Crippen molar-refractivity contribution < 1.29 is 44.8 Å². The highest BCUT2D eigenvalue weighted by atomic mass is 16.8. The fourth-order valence-electron chi connectivity index (χ4n) is 3.38. The van der Waals surface area contributed by atoms with Gasteiger partial charge in [0, 0.05) is 5.92 Å². The van der Waals surface area contributed by atoms with Crippen molar-refractivity contribution in [3.05, 3.63) is 24.0 Å². The quantitative estimate of drug-likeness (QED) is 0.297. The van der Waals surface area contributed by atoms with Crippen LogP contribution >= 0.6 is 0 Å². The largest absolute Gasteiger partial charge is 0.472 e. The lowest BCUT2D eigenvalue weighted by molar-refractivity contribution is -0.339. The van der Waals surface area contributed by atoms with Gasteiger partial charge in [0.05, 0.1) is 31.5 Å².